The third-order valence-electron chi connectivity index (χ3n) is 1.53. The zero-order chi connectivity index (χ0) is 9.78. The van der Waals surface area contributed by atoms with Gasteiger partial charge in [0.1, 0.15) is 5.60 Å². The lowest BCUT2D eigenvalue weighted by atomic mass is 9.99. The normalized spacial score (nSPS) is 16.1. The van der Waals surface area contributed by atoms with Gasteiger partial charge in [-0.15, -0.1) is 0 Å². The zero-order valence-electron chi connectivity index (χ0n) is 6.33. The van der Waals surface area contributed by atoms with Gasteiger partial charge >= 0.3 is 5.97 Å². The van der Waals surface area contributed by atoms with Gasteiger partial charge in [0.15, 0.2) is 0 Å². The van der Waals surface area contributed by atoms with Gasteiger partial charge in [-0.25, -0.2) is 8.78 Å². The second-order valence-electron chi connectivity index (χ2n) is 2.50. The summed E-state index contributed by atoms with van der Waals surface area (Å²) in [6, 6.07) is 0. The molecule has 72 valence electrons. The fraction of sp³-hybridized carbons (Fsp3) is 0.833. The van der Waals surface area contributed by atoms with E-state index in [0.29, 0.717) is 0 Å². The highest BCUT2D eigenvalue weighted by Gasteiger charge is 2.36. The number of alkyl halides is 2. The molecule has 6 heteroatoms. The molecule has 0 amide bonds. The van der Waals surface area contributed by atoms with Crippen LogP contribution in [0, 0.1) is 0 Å². The lowest BCUT2D eigenvalue weighted by Crippen LogP contribution is -2.45. The molecule has 4 N–H and O–H groups in total. The van der Waals surface area contributed by atoms with Crippen LogP contribution in [0.5, 0.6) is 0 Å². The first-order valence-corrected chi connectivity index (χ1v) is 3.35. The third-order valence-corrected chi connectivity index (χ3v) is 1.53. The predicted molar refractivity (Wildman–Crippen MR) is 36.9 cm³/mol. The zero-order valence-corrected chi connectivity index (χ0v) is 6.33. The van der Waals surface area contributed by atoms with E-state index in [2.05, 4.69) is 0 Å². The second-order valence-corrected chi connectivity index (χ2v) is 2.50. The lowest BCUT2D eigenvalue weighted by Gasteiger charge is -2.24. The van der Waals surface area contributed by atoms with Crippen LogP contribution in [-0.2, 0) is 4.79 Å². The first kappa shape index (κ1) is 11.2. The van der Waals surface area contributed by atoms with Crippen LogP contribution >= 0.6 is 0 Å². The molecule has 0 aliphatic carbocycles. The molecule has 0 rings (SSSR count). The highest BCUT2D eigenvalue weighted by atomic mass is 19.3. The predicted octanol–water partition coefficient (Wildman–Crippen LogP) is -0.194. The van der Waals surface area contributed by atoms with E-state index in [0.717, 1.165) is 0 Å². The van der Waals surface area contributed by atoms with E-state index in [9.17, 15) is 13.6 Å². The van der Waals surface area contributed by atoms with Crippen molar-refractivity contribution in [1.29, 1.82) is 0 Å². The summed E-state index contributed by atoms with van der Waals surface area (Å²) >= 11 is 0. The molecule has 0 aromatic heterocycles. The van der Waals surface area contributed by atoms with Gasteiger partial charge in [-0.3, -0.25) is 4.79 Å². The van der Waals surface area contributed by atoms with Crippen LogP contribution in [0.3, 0.4) is 0 Å². The van der Waals surface area contributed by atoms with E-state index in [1.54, 1.807) is 0 Å². The number of carboxylic acids is 1. The number of halogens is 2. The van der Waals surface area contributed by atoms with E-state index in [1.165, 1.54) is 0 Å². The van der Waals surface area contributed by atoms with Crippen LogP contribution in [0.1, 0.15) is 12.8 Å². The Labute approximate surface area is 68.0 Å². The largest absolute Gasteiger partial charge is 0.481 e. The number of carbonyl (C=O) groups is 1. The number of rotatable bonds is 5. The monoisotopic (exact) mass is 183 g/mol. The van der Waals surface area contributed by atoms with Crippen LogP contribution in [0.4, 0.5) is 8.78 Å². The summed E-state index contributed by atoms with van der Waals surface area (Å²) in [5.74, 6) is -1.23. The van der Waals surface area contributed by atoms with Gasteiger partial charge in [-0.05, 0) is 6.42 Å². The van der Waals surface area contributed by atoms with Crippen LogP contribution in [0.2, 0.25) is 0 Å². The van der Waals surface area contributed by atoms with Crippen molar-refractivity contribution in [3.63, 3.8) is 0 Å². The molecule has 0 aliphatic rings. The maximum atomic E-state index is 12.0. The molecule has 12 heavy (non-hydrogen) atoms. The highest BCUT2D eigenvalue weighted by molar-refractivity contribution is 5.66. The fourth-order valence-corrected chi connectivity index (χ4v) is 0.624. The fourth-order valence-electron chi connectivity index (χ4n) is 0.624. The third kappa shape index (κ3) is 3.10. The van der Waals surface area contributed by atoms with Gasteiger partial charge in [0.05, 0.1) is 0 Å². The minimum atomic E-state index is -3.01. The number of nitrogens with two attached hydrogens (primary N) is 1. The molecule has 0 bridgehead atoms. The van der Waals surface area contributed by atoms with Crippen molar-refractivity contribution in [2.45, 2.75) is 24.9 Å². The molecule has 0 saturated heterocycles. The van der Waals surface area contributed by atoms with Crippen molar-refractivity contribution in [3.8, 4) is 0 Å². The van der Waals surface area contributed by atoms with Crippen molar-refractivity contribution in [1.82, 2.24) is 0 Å². The minimum Gasteiger partial charge on any atom is -0.481 e. The van der Waals surface area contributed by atoms with E-state index in [-0.39, 0.29) is 0 Å². The van der Waals surface area contributed by atoms with Crippen molar-refractivity contribution in [3.05, 3.63) is 0 Å². The summed E-state index contributed by atoms with van der Waals surface area (Å²) in [5, 5.41) is 17.2. The Bertz CT molecular complexity index is 165. The van der Waals surface area contributed by atoms with Crippen LogP contribution < -0.4 is 5.73 Å². The summed E-state index contributed by atoms with van der Waals surface area (Å²) in [7, 11) is 0. The molecule has 4 nitrogen and oxygen atoms in total. The van der Waals surface area contributed by atoms with E-state index < -0.39 is 37.4 Å². The Balaban J connectivity index is 4.05. The van der Waals surface area contributed by atoms with Gasteiger partial charge in [0, 0.05) is 13.0 Å². The Morgan fingerprint density at radius 1 is 1.58 bits per heavy atom. The molecular weight excluding hydrogens is 172 g/mol. The van der Waals surface area contributed by atoms with E-state index in [1.807, 2.05) is 0 Å². The van der Waals surface area contributed by atoms with E-state index >= 15 is 0 Å². The molecule has 0 fully saturated rings. The number of aliphatic carboxylic acids is 1. The Morgan fingerprint density at radius 2 is 2.08 bits per heavy atom. The van der Waals surface area contributed by atoms with Gasteiger partial charge in [-0.2, -0.15) is 0 Å². The summed E-state index contributed by atoms with van der Waals surface area (Å²) in [6.07, 6.45) is -4.06. The maximum Gasteiger partial charge on any atom is 0.303 e. The molecular formula is C6H11F2NO3. The van der Waals surface area contributed by atoms with Crippen molar-refractivity contribution in [2.75, 3.05) is 6.54 Å². The Morgan fingerprint density at radius 3 is 2.33 bits per heavy atom. The number of hydrogen-bond acceptors (Lipinski definition) is 3. The highest BCUT2D eigenvalue weighted by Crippen LogP contribution is 2.20. The molecule has 0 radical (unpaired) electrons. The topological polar surface area (TPSA) is 83.5 Å². The number of aliphatic hydroxyl groups is 1. The molecule has 0 aromatic rings. The summed E-state index contributed by atoms with van der Waals surface area (Å²) in [5.41, 5.74) is 2.51. The first-order chi connectivity index (χ1) is 5.42. The second kappa shape index (κ2) is 4.32. The molecule has 0 aliphatic heterocycles. The Hall–Kier alpha value is -0.750. The van der Waals surface area contributed by atoms with Gasteiger partial charge in [0.2, 0.25) is 0 Å². The summed E-state index contributed by atoms with van der Waals surface area (Å²) < 4.78 is 24.0. The van der Waals surface area contributed by atoms with Crippen molar-refractivity contribution >= 4 is 5.97 Å². The molecule has 0 saturated carbocycles. The van der Waals surface area contributed by atoms with Crippen molar-refractivity contribution < 1.29 is 23.8 Å². The van der Waals surface area contributed by atoms with Crippen molar-refractivity contribution in [2.24, 2.45) is 5.73 Å². The van der Waals surface area contributed by atoms with Gasteiger partial charge in [0.25, 0.3) is 6.43 Å². The first-order valence-electron chi connectivity index (χ1n) is 3.35. The van der Waals surface area contributed by atoms with Crippen LogP contribution in [0.25, 0.3) is 0 Å². The number of hydrogen-bond donors (Lipinski definition) is 3. The molecule has 0 heterocycles. The Kier molecular flexibility index (Phi) is 4.05. The quantitative estimate of drug-likeness (QED) is 0.551. The average molecular weight is 183 g/mol. The van der Waals surface area contributed by atoms with Gasteiger partial charge in [-0.1, -0.05) is 0 Å². The smallest absolute Gasteiger partial charge is 0.303 e. The molecule has 0 spiro atoms. The van der Waals surface area contributed by atoms with Crippen LogP contribution in [-0.4, -0.2) is 34.8 Å². The van der Waals surface area contributed by atoms with E-state index in [4.69, 9.17) is 15.9 Å². The molecule has 0 unspecified atom stereocenters. The maximum absolute atomic E-state index is 12.0. The minimum absolute atomic E-state index is 0.516. The molecule has 1 atom stereocenters. The summed E-state index contributed by atoms with van der Waals surface area (Å²) in [4.78, 5) is 9.99. The SMILES string of the molecule is NC[C@](O)(CCC(=O)O)C(F)F. The summed E-state index contributed by atoms with van der Waals surface area (Å²) in [6.45, 7) is -0.641. The lowest BCUT2D eigenvalue weighted by molar-refractivity contribution is -0.141. The standard InChI is InChI=1S/C6H11F2NO3/c7-5(8)6(12,3-9)2-1-4(10)11/h5,12H,1-3,9H2,(H,10,11)/t6-/m1/s1. The van der Waals surface area contributed by atoms with Gasteiger partial charge < -0.3 is 15.9 Å². The average Bonchev–Trinajstić information content (AvgIpc) is 1.99. The molecule has 0 aromatic carbocycles. The van der Waals surface area contributed by atoms with Crippen LogP contribution in [0.15, 0.2) is 0 Å². The number of carboxylic acid groups (broad SMARTS) is 1.